The molecule has 5 aromatic rings. The quantitative estimate of drug-likeness (QED) is 0.0974. The van der Waals surface area contributed by atoms with Gasteiger partial charge in [0.1, 0.15) is 11.6 Å². The lowest BCUT2D eigenvalue weighted by molar-refractivity contribution is 0.0865. The van der Waals surface area contributed by atoms with E-state index < -0.39 is 11.9 Å². The molecule has 1 atom stereocenters. The maximum Gasteiger partial charge on any atom is 0.214 e. The normalized spacial score (nSPS) is 14.6. The molecular formula is C31H30FN5O4S. The Morgan fingerprint density at radius 3 is 2.76 bits per heavy atom. The molecule has 0 saturated heterocycles. The highest BCUT2D eigenvalue weighted by molar-refractivity contribution is 8.02. The smallest absolute Gasteiger partial charge is 0.214 e. The summed E-state index contributed by atoms with van der Waals surface area (Å²) in [5.74, 6) is 0.0438. The topological polar surface area (TPSA) is 138 Å². The maximum absolute atomic E-state index is 14.0. The van der Waals surface area contributed by atoms with Gasteiger partial charge in [-0.1, -0.05) is 18.2 Å². The number of nitrogens with zero attached hydrogens (tertiary/aromatic N) is 2. The number of aliphatic hydroxyl groups is 2. The third-order valence-corrected chi connectivity index (χ3v) is 8.74. The number of aromatic nitrogens is 3. The number of ether oxygens (including phenoxy) is 1. The van der Waals surface area contributed by atoms with E-state index in [0.717, 1.165) is 35.0 Å². The lowest BCUT2D eigenvalue weighted by atomic mass is 10.1. The molecule has 216 valence electrons. The van der Waals surface area contributed by atoms with Gasteiger partial charge in [-0.2, -0.15) is 5.10 Å². The second-order valence-corrected chi connectivity index (χ2v) is 11.9. The molecule has 0 bridgehead atoms. The van der Waals surface area contributed by atoms with Crippen LogP contribution in [0, 0.1) is 12.7 Å². The Bertz CT molecular complexity index is 1780. The highest BCUT2D eigenvalue weighted by Crippen LogP contribution is 2.51. The first-order valence-corrected chi connectivity index (χ1v) is 14.3. The van der Waals surface area contributed by atoms with Gasteiger partial charge in [0.05, 0.1) is 35.9 Å². The van der Waals surface area contributed by atoms with E-state index in [1.165, 1.54) is 16.9 Å². The van der Waals surface area contributed by atoms with Gasteiger partial charge in [-0.3, -0.25) is 4.79 Å². The van der Waals surface area contributed by atoms with Crippen molar-refractivity contribution in [1.82, 2.24) is 14.8 Å². The van der Waals surface area contributed by atoms with Gasteiger partial charge >= 0.3 is 0 Å². The summed E-state index contributed by atoms with van der Waals surface area (Å²) < 4.78 is 24.5. The van der Waals surface area contributed by atoms with E-state index in [1.807, 2.05) is 25.1 Å². The summed E-state index contributed by atoms with van der Waals surface area (Å²) in [5.41, 5.74) is 10.2. The molecule has 1 saturated carbocycles. The van der Waals surface area contributed by atoms with E-state index in [4.69, 9.17) is 10.5 Å². The van der Waals surface area contributed by atoms with E-state index in [1.54, 1.807) is 54.4 Å². The highest BCUT2D eigenvalue weighted by atomic mass is 32.2. The first-order valence-electron chi connectivity index (χ1n) is 13.5. The molecular weight excluding hydrogens is 557 g/mol. The van der Waals surface area contributed by atoms with Gasteiger partial charge in [-0.05, 0) is 92.2 Å². The van der Waals surface area contributed by atoms with Crippen LogP contribution in [-0.4, -0.2) is 48.2 Å². The molecule has 0 aliphatic heterocycles. The molecule has 6 rings (SSSR count). The van der Waals surface area contributed by atoms with Crippen LogP contribution in [0.5, 0.6) is 11.5 Å². The van der Waals surface area contributed by atoms with E-state index in [9.17, 15) is 19.4 Å². The Hall–Kier alpha value is -4.32. The van der Waals surface area contributed by atoms with Gasteiger partial charge in [0.25, 0.3) is 0 Å². The number of carbonyl (C=O) groups is 1. The van der Waals surface area contributed by atoms with Crippen LogP contribution < -0.4 is 15.2 Å². The summed E-state index contributed by atoms with van der Waals surface area (Å²) in [6, 6.07) is 19.0. The Labute approximate surface area is 245 Å². The number of aromatic amines is 1. The zero-order valence-corrected chi connectivity index (χ0v) is 23.6. The number of hydrogen-bond donors (Lipinski definition) is 5. The molecule has 0 spiro atoms. The lowest BCUT2D eigenvalue weighted by Crippen LogP contribution is -2.20. The Morgan fingerprint density at radius 2 is 2.02 bits per heavy atom. The molecule has 3 aromatic carbocycles. The number of ketones is 1. The summed E-state index contributed by atoms with van der Waals surface area (Å²) in [4.78, 5) is 16.7. The molecule has 6 N–H and O–H groups in total. The van der Waals surface area contributed by atoms with Gasteiger partial charge in [0, 0.05) is 21.3 Å². The summed E-state index contributed by atoms with van der Waals surface area (Å²) in [5, 5.41) is 24.3. The number of fused-ring (bicyclic) bond motifs is 1. The van der Waals surface area contributed by atoms with Crippen molar-refractivity contribution >= 4 is 40.1 Å². The molecule has 11 heteroatoms. The molecule has 1 aliphatic carbocycles. The van der Waals surface area contributed by atoms with Crippen molar-refractivity contribution in [3.63, 3.8) is 0 Å². The average Bonchev–Trinajstić information content (AvgIpc) is 3.43. The fourth-order valence-electron chi connectivity index (χ4n) is 4.91. The number of halogens is 1. The Balaban J connectivity index is 1.18. The zero-order chi connectivity index (χ0) is 29.4. The lowest BCUT2D eigenvalue weighted by Gasteiger charge is -2.18. The fraction of sp³-hybridized carbons (Fsp3) is 0.226. The predicted octanol–water partition coefficient (Wildman–Crippen LogP) is 5.74. The number of benzene rings is 3. The molecule has 2 aromatic heterocycles. The number of anilines is 2. The third-order valence-electron chi connectivity index (χ3n) is 7.39. The summed E-state index contributed by atoms with van der Waals surface area (Å²) in [6.45, 7) is 1.61. The number of H-pyrrole nitrogens is 1. The van der Waals surface area contributed by atoms with Crippen LogP contribution in [-0.2, 0) is 0 Å². The standard InChI is InChI=1S/C31H30FN5O4S/c1-18-12-22(41-28-5-3-2-4-24(28)32)8-9-27(18)37-30(33)23(16-34-37)29(40)26-13-19-6-7-20(14-25(19)35-26)36-42-31(10-11-31)15-21(39)17-38/h2-9,12-14,16,21,35-36,38-39H,10-11,15,17,33H2,1H3. The Kier molecular flexibility index (Phi) is 7.40. The highest BCUT2D eigenvalue weighted by Gasteiger charge is 2.45. The number of rotatable bonds is 11. The monoisotopic (exact) mass is 587 g/mol. The van der Waals surface area contributed by atoms with Gasteiger partial charge in [-0.15, -0.1) is 0 Å². The minimum atomic E-state index is -0.721. The number of hydrogen-bond acceptors (Lipinski definition) is 8. The van der Waals surface area contributed by atoms with E-state index in [-0.39, 0.29) is 34.3 Å². The van der Waals surface area contributed by atoms with Crippen molar-refractivity contribution < 1.29 is 24.1 Å². The Morgan fingerprint density at radius 1 is 1.21 bits per heavy atom. The van der Waals surface area contributed by atoms with Crippen molar-refractivity contribution in [3.05, 3.63) is 95.6 Å². The molecule has 42 heavy (non-hydrogen) atoms. The number of para-hydroxylation sites is 1. The second kappa shape index (κ2) is 11.2. The summed E-state index contributed by atoms with van der Waals surface area (Å²) in [6.07, 6.45) is 3.22. The number of nitrogens with one attached hydrogen (secondary N) is 2. The molecule has 0 amide bonds. The van der Waals surface area contributed by atoms with Gasteiger partial charge in [0.15, 0.2) is 11.6 Å². The molecule has 1 unspecified atom stereocenters. The van der Waals surface area contributed by atoms with Gasteiger partial charge in [-0.25, -0.2) is 9.07 Å². The molecule has 0 radical (unpaired) electrons. The summed E-state index contributed by atoms with van der Waals surface area (Å²) in [7, 11) is 0. The molecule has 2 heterocycles. The minimum absolute atomic E-state index is 0.0723. The van der Waals surface area contributed by atoms with Crippen LogP contribution in [0.4, 0.5) is 15.9 Å². The number of aryl methyl sites for hydroxylation is 1. The maximum atomic E-state index is 14.0. The van der Waals surface area contributed by atoms with Crippen LogP contribution >= 0.6 is 11.9 Å². The summed E-state index contributed by atoms with van der Waals surface area (Å²) >= 11 is 1.56. The number of carbonyl (C=O) groups excluding carboxylic acids is 1. The van der Waals surface area contributed by atoms with Crippen molar-refractivity contribution in [2.75, 3.05) is 17.1 Å². The van der Waals surface area contributed by atoms with Gasteiger partial charge in [0.2, 0.25) is 5.78 Å². The minimum Gasteiger partial charge on any atom is -0.454 e. The number of aliphatic hydroxyl groups excluding tert-OH is 2. The third kappa shape index (κ3) is 5.58. The van der Waals surface area contributed by atoms with Crippen molar-refractivity contribution in [1.29, 1.82) is 0 Å². The van der Waals surface area contributed by atoms with Crippen molar-refractivity contribution in [2.45, 2.75) is 37.0 Å². The number of nitrogen functional groups attached to an aromatic ring is 1. The molecule has 1 aliphatic rings. The van der Waals surface area contributed by atoms with Gasteiger partial charge < -0.3 is 30.4 Å². The average molecular weight is 588 g/mol. The fourth-order valence-corrected chi connectivity index (χ4v) is 5.96. The van der Waals surface area contributed by atoms with E-state index in [0.29, 0.717) is 23.6 Å². The van der Waals surface area contributed by atoms with E-state index >= 15 is 0 Å². The molecule has 9 nitrogen and oxygen atoms in total. The van der Waals surface area contributed by atoms with Crippen LogP contribution in [0.3, 0.4) is 0 Å². The van der Waals surface area contributed by atoms with Crippen molar-refractivity contribution in [3.8, 4) is 17.2 Å². The van der Waals surface area contributed by atoms with Crippen LogP contribution in [0.2, 0.25) is 0 Å². The zero-order valence-electron chi connectivity index (χ0n) is 22.8. The molecule has 1 fully saturated rings. The SMILES string of the molecule is Cc1cc(Oc2ccccc2F)ccc1-n1ncc(C(=O)c2cc3ccc(NSC4(CC(O)CO)CC4)cc3[nH]2)c1N. The predicted molar refractivity (Wildman–Crippen MR) is 162 cm³/mol. The van der Waals surface area contributed by atoms with Crippen LogP contribution in [0.1, 0.15) is 40.9 Å². The van der Waals surface area contributed by atoms with Crippen LogP contribution in [0.15, 0.2) is 72.9 Å². The van der Waals surface area contributed by atoms with Crippen LogP contribution in [0.25, 0.3) is 16.6 Å². The largest absolute Gasteiger partial charge is 0.454 e. The first kappa shape index (κ1) is 27.8. The second-order valence-electron chi connectivity index (χ2n) is 10.6. The van der Waals surface area contributed by atoms with E-state index in [2.05, 4.69) is 14.8 Å². The number of nitrogens with two attached hydrogens (primary N) is 1. The first-order chi connectivity index (χ1) is 20.2. The van der Waals surface area contributed by atoms with Crippen molar-refractivity contribution in [2.24, 2.45) is 0 Å².